The first-order valence-electron chi connectivity index (χ1n) is 4.88. The largest absolute Gasteiger partial charge is 0.489 e. The van der Waals surface area contributed by atoms with E-state index in [-0.39, 0.29) is 11.6 Å². The van der Waals surface area contributed by atoms with Crippen molar-refractivity contribution in [3.05, 3.63) is 64.9 Å². The van der Waals surface area contributed by atoms with Crippen LogP contribution in [-0.4, -0.2) is 0 Å². The van der Waals surface area contributed by atoms with Crippen LogP contribution in [0.4, 0.5) is 4.39 Å². The molecule has 2 aromatic rings. The Balaban J connectivity index is 2.08. The maximum Gasteiger partial charge on any atom is 0.148 e. The number of ether oxygens (including phenoxy) is 1. The van der Waals surface area contributed by atoms with Crippen LogP contribution in [0.3, 0.4) is 0 Å². The molecule has 0 saturated heterocycles. The van der Waals surface area contributed by atoms with E-state index in [1.165, 1.54) is 6.07 Å². The van der Waals surface area contributed by atoms with E-state index in [4.69, 9.17) is 16.3 Å². The summed E-state index contributed by atoms with van der Waals surface area (Å²) >= 11 is 5.67. The van der Waals surface area contributed by atoms with Crippen molar-refractivity contribution >= 4 is 11.6 Å². The lowest BCUT2D eigenvalue weighted by molar-refractivity contribution is 0.300. The Bertz CT molecular complexity index is 471. The second-order valence-electron chi connectivity index (χ2n) is 3.31. The highest BCUT2D eigenvalue weighted by atomic mass is 35.5. The number of rotatable bonds is 3. The van der Waals surface area contributed by atoms with Crippen LogP contribution in [0.25, 0.3) is 0 Å². The zero-order valence-corrected chi connectivity index (χ0v) is 9.25. The van der Waals surface area contributed by atoms with Crippen molar-refractivity contribution in [1.29, 1.82) is 0 Å². The highest BCUT2D eigenvalue weighted by Gasteiger charge is 2.06. The topological polar surface area (TPSA) is 9.23 Å². The van der Waals surface area contributed by atoms with Gasteiger partial charge in [-0.25, -0.2) is 4.39 Å². The van der Waals surface area contributed by atoms with Crippen LogP contribution in [0, 0.1) is 5.82 Å². The summed E-state index contributed by atoms with van der Waals surface area (Å²) in [6.45, 7) is 0.177. The van der Waals surface area contributed by atoms with Crippen LogP contribution in [0.5, 0.6) is 5.75 Å². The van der Waals surface area contributed by atoms with Gasteiger partial charge in [0.2, 0.25) is 0 Å². The predicted octanol–water partition coefficient (Wildman–Crippen LogP) is 4.06. The second kappa shape index (κ2) is 4.99. The lowest BCUT2D eigenvalue weighted by atomic mass is 10.2. The van der Waals surface area contributed by atoms with E-state index in [0.29, 0.717) is 11.3 Å². The standard InChI is InChI=1S/C13H10ClFO/c14-12-8-4-5-10(13(12)15)9-16-11-6-2-1-3-7-11/h1-8H,9H2. The molecule has 2 rings (SSSR count). The quantitative estimate of drug-likeness (QED) is 0.781. The minimum Gasteiger partial charge on any atom is -0.489 e. The fraction of sp³-hybridized carbons (Fsp3) is 0.0769. The van der Waals surface area contributed by atoms with Gasteiger partial charge in [-0.2, -0.15) is 0 Å². The van der Waals surface area contributed by atoms with Gasteiger partial charge in [0.1, 0.15) is 18.2 Å². The van der Waals surface area contributed by atoms with Crippen molar-refractivity contribution in [2.24, 2.45) is 0 Å². The number of para-hydroxylation sites is 1. The maximum atomic E-state index is 13.5. The van der Waals surface area contributed by atoms with Gasteiger partial charge in [0, 0.05) is 5.56 Å². The Hall–Kier alpha value is -1.54. The molecule has 0 radical (unpaired) electrons. The molecule has 0 fully saturated rings. The van der Waals surface area contributed by atoms with Gasteiger partial charge in [0.05, 0.1) is 5.02 Å². The van der Waals surface area contributed by atoms with Crippen LogP contribution >= 0.6 is 11.6 Å². The van der Waals surface area contributed by atoms with E-state index < -0.39 is 5.82 Å². The summed E-state index contributed by atoms with van der Waals surface area (Å²) in [5, 5.41) is 0.120. The van der Waals surface area contributed by atoms with Crippen LogP contribution in [0.2, 0.25) is 5.02 Å². The summed E-state index contributed by atoms with van der Waals surface area (Å²) in [6.07, 6.45) is 0. The average molecular weight is 237 g/mol. The molecule has 3 heteroatoms. The Labute approximate surface area is 98.4 Å². The third kappa shape index (κ3) is 2.52. The van der Waals surface area contributed by atoms with Gasteiger partial charge >= 0.3 is 0 Å². The Morgan fingerprint density at radius 3 is 2.50 bits per heavy atom. The highest BCUT2D eigenvalue weighted by Crippen LogP contribution is 2.19. The van der Waals surface area contributed by atoms with E-state index in [0.717, 1.165) is 0 Å². The van der Waals surface area contributed by atoms with Gasteiger partial charge < -0.3 is 4.74 Å². The molecule has 0 aromatic heterocycles. The highest BCUT2D eigenvalue weighted by molar-refractivity contribution is 6.30. The van der Waals surface area contributed by atoms with Gasteiger partial charge in [-0.1, -0.05) is 41.9 Å². The first-order chi connectivity index (χ1) is 7.77. The van der Waals surface area contributed by atoms with Crippen LogP contribution in [-0.2, 0) is 6.61 Å². The first-order valence-corrected chi connectivity index (χ1v) is 5.26. The summed E-state index contributed by atoms with van der Waals surface area (Å²) < 4.78 is 18.9. The molecule has 0 aliphatic heterocycles. The van der Waals surface area contributed by atoms with E-state index in [2.05, 4.69) is 0 Å². The van der Waals surface area contributed by atoms with E-state index >= 15 is 0 Å². The Morgan fingerprint density at radius 2 is 1.75 bits per heavy atom. The number of hydrogen-bond donors (Lipinski definition) is 0. The molecule has 0 heterocycles. The minimum absolute atomic E-state index is 0.120. The molecule has 16 heavy (non-hydrogen) atoms. The summed E-state index contributed by atoms with van der Waals surface area (Å²) in [7, 11) is 0. The lowest BCUT2D eigenvalue weighted by Gasteiger charge is -2.07. The Kier molecular flexibility index (Phi) is 3.42. The fourth-order valence-corrected chi connectivity index (χ4v) is 1.53. The third-order valence-corrected chi connectivity index (χ3v) is 2.46. The molecular weight excluding hydrogens is 227 g/mol. The molecule has 0 saturated carbocycles. The molecular formula is C13H10ClFO. The van der Waals surface area contributed by atoms with Crippen molar-refractivity contribution in [2.75, 3.05) is 0 Å². The molecule has 0 spiro atoms. The predicted molar refractivity (Wildman–Crippen MR) is 62.2 cm³/mol. The number of halogens is 2. The van der Waals surface area contributed by atoms with Crippen molar-refractivity contribution < 1.29 is 9.13 Å². The smallest absolute Gasteiger partial charge is 0.148 e. The molecule has 2 aromatic carbocycles. The molecule has 0 bridgehead atoms. The SMILES string of the molecule is Fc1c(Cl)cccc1COc1ccccc1. The normalized spacial score (nSPS) is 10.1. The van der Waals surface area contributed by atoms with Gasteiger partial charge in [-0.15, -0.1) is 0 Å². The van der Waals surface area contributed by atoms with Crippen molar-refractivity contribution in [3.63, 3.8) is 0 Å². The molecule has 0 aliphatic carbocycles. The first kappa shape index (κ1) is 11.0. The zero-order valence-electron chi connectivity index (χ0n) is 8.49. The molecule has 0 aliphatic rings. The Morgan fingerprint density at radius 1 is 1.00 bits per heavy atom. The fourth-order valence-electron chi connectivity index (χ4n) is 1.34. The molecule has 1 nitrogen and oxygen atoms in total. The summed E-state index contributed by atoms with van der Waals surface area (Å²) in [6, 6.07) is 14.1. The molecule has 0 atom stereocenters. The molecule has 0 unspecified atom stereocenters. The van der Waals surface area contributed by atoms with Crippen molar-refractivity contribution in [2.45, 2.75) is 6.61 Å². The van der Waals surface area contributed by atoms with Crippen molar-refractivity contribution in [3.8, 4) is 5.75 Å². The lowest BCUT2D eigenvalue weighted by Crippen LogP contribution is -1.98. The average Bonchev–Trinajstić information content (AvgIpc) is 2.32. The number of benzene rings is 2. The maximum absolute atomic E-state index is 13.5. The van der Waals surface area contributed by atoms with Crippen LogP contribution in [0.15, 0.2) is 48.5 Å². The molecule has 82 valence electrons. The van der Waals surface area contributed by atoms with Gasteiger partial charge in [0.15, 0.2) is 0 Å². The van der Waals surface area contributed by atoms with Crippen LogP contribution < -0.4 is 4.74 Å². The van der Waals surface area contributed by atoms with E-state index in [9.17, 15) is 4.39 Å². The number of hydrogen-bond acceptors (Lipinski definition) is 1. The molecule has 0 N–H and O–H groups in total. The van der Waals surface area contributed by atoms with Gasteiger partial charge in [-0.3, -0.25) is 0 Å². The van der Waals surface area contributed by atoms with Crippen LogP contribution in [0.1, 0.15) is 5.56 Å². The van der Waals surface area contributed by atoms with Gasteiger partial charge in [-0.05, 0) is 18.2 Å². The third-order valence-electron chi connectivity index (χ3n) is 2.17. The van der Waals surface area contributed by atoms with E-state index in [1.54, 1.807) is 12.1 Å². The van der Waals surface area contributed by atoms with Gasteiger partial charge in [0.25, 0.3) is 0 Å². The monoisotopic (exact) mass is 236 g/mol. The summed E-state index contributed by atoms with van der Waals surface area (Å²) in [4.78, 5) is 0. The minimum atomic E-state index is -0.417. The summed E-state index contributed by atoms with van der Waals surface area (Å²) in [5.74, 6) is 0.293. The summed E-state index contributed by atoms with van der Waals surface area (Å²) in [5.41, 5.74) is 0.455. The van der Waals surface area contributed by atoms with E-state index in [1.807, 2.05) is 30.3 Å². The molecule has 0 amide bonds. The van der Waals surface area contributed by atoms with Crippen molar-refractivity contribution in [1.82, 2.24) is 0 Å². The second-order valence-corrected chi connectivity index (χ2v) is 3.72. The zero-order chi connectivity index (χ0) is 11.4.